The van der Waals surface area contributed by atoms with E-state index >= 15 is 0 Å². The lowest BCUT2D eigenvalue weighted by molar-refractivity contribution is 0.768. The van der Waals surface area contributed by atoms with Crippen molar-refractivity contribution in [1.82, 2.24) is 15.0 Å². The van der Waals surface area contributed by atoms with E-state index in [-0.39, 0.29) is 0 Å². The molecule has 0 spiro atoms. The number of aromatic nitrogens is 3. The molecular formula is C52H33N3S. The minimum absolute atomic E-state index is 0.521. The van der Waals surface area contributed by atoms with Gasteiger partial charge in [-0.3, -0.25) is 0 Å². The molecule has 0 saturated heterocycles. The van der Waals surface area contributed by atoms with Gasteiger partial charge in [-0.05, 0) is 62.7 Å². The molecule has 0 atom stereocenters. The van der Waals surface area contributed by atoms with Gasteiger partial charge in [0.2, 0.25) is 0 Å². The fourth-order valence-electron chi connectivity index (χ4n) is 8.76. The fraction of sp³-hybridized carbons (Fsp3) is 0.0192. The zero-order valence-corrected chi connectivity index (χ0v) is 31.1. The molecule has 0 aliphatic heterocycles. The maximum atomic E-state index is 5.34. The van der Waals surface area contributed by atoms with Gasteiger partial charge in [0.1, 0.15) is 0 Å². The Hall–Kier alpha value is -7.01. The second-order valence-electron chi connectivity index (χ2n) is 14.3. The van der Waals surface area contributed by atoms with Gasteiger partial charge in [-0.15, -0.1) is 11.3 Å². The third-order valence-corrected chi connectivity index (χ3v) is 12.4. The zero-order valence-electron chi connectivity index (χ0n) is 30.3. The van der Waals surface area contributed by atoms with E-state index in [1.165, 1.54) is 53.6 Å². The largest absolute Gasteiger partial charge is 0.208 e. The number of hydrogen-bond donors (Lipinski definition) is 0. The summed E-state index contributed by atoms with van der Waals surface area (Å²) in [5.74, 6) is 1.93. The standard InChI is InChI=1S/C52H33N3S/c1-4-16-34(17-5-1)49-53-50(37-19-14-18-35(32-37)36-30-31-41-40-24-11-13-29-46(40)56-47(41)33-36)55-51(54-49)43-26-15-28-45-48(43)42-25-10-12-27-44(42)52(45,38-20-6-2-7-21-38)39-22-8-3-9-23-39/h1-33H. The van der Waals surface area contributed by atoms with Crippen LogP contribution >= 0.6 is 11.3 Å². The Labute approximate surface area is 329 Å². The maximum absolute atomic E-state index is 5.34. The molecule has 2 aromatic heterocycles. The summed E-state index contributed by atoms with van der Waals surface area (Å²) in [6.45, 7) is 0. The van der Waals surface area contributed by atoms with Crippen molar-refractivity contribution in [3.63, 3.8) is 0 Å². The van der Waals surface area contributed by atoms with Gasteiger partial charge in [0.15, 0.2) is 17.5 Å². The van der Waals surface area contributed by atoms with Crippen molar-refractivity contribution >= 4 is 31.5 Å². The second kappa shape index (κ2) is 13.1. The minimum Gasteiger partial charge on any atom is -0.208 e. The van der Waals surface area contributed by atoms with Crippen molar-refractivity contribution in [2.75, 3.05) is 0 Å². The van der Waals surface area contributed by atoms with Crippen LogP contribution in [0.15, 0.2) is 200 Å². The molecule has 2 heterocycles. The van der Waals surface area contributed by atoms with Gasteiger partial charge in [-0.25, -0.2) is 15.0 Å². The molecule has 11 rings (SSSR count). The molecular weight excluding hydrogens is 699 g/mol. The highest BCUT2D eigenvalue weighted by atomic mass is 32.1. The Morgan fingerprint density at radius 1 is 0.339 bits per heavy atom. The number of fused-ring (bicyclic) bond motifs is 6. The first-order valence-electron chi connectivity index (χ1n) is 18.9. The molecule has 1 aliphatic carbocycles. The van der Waals surface area contributed by atoms with E-state index in [1.54, 1.807) is 0 Å². The number of benzene rings is 8. The van der Waals surface area contributed by atoms with Crippen LogP contribution < -0.4 is 0 Å². The van der Waals surface area contributed by atoms with Crippen molar-refractivity contribution in [2.24, 2.45) is 0 Å². The van der Waals surface area contributed by atoms with Crippen LogP contribution in [0.3, 0.4) is 0 Å². The minimum atomic E-state index is -0.521. The zero-order chi connectivity index (χ0) is 37.1. The Bertz CT molecular complexity index is 3040. The van der Waals surface area contributed by atoms with Gasteiger partial charge in [0, 0.05) is 36.9 Å². The van der Waals surface area contributed by atoms with Gasteiger partial charge in [-0.2, -0.15) is 0 Å². The lowest BCUT2D eigenvalue weighted by atomic mass is 9.67. The maximum Gasteiger partial charge on any atom is 0.164 e. The smallest absolute Gasteiger partial charge is 0.164 e. The highest BCUT2D eigenvalue weighted by Gasteiger charge is 2.47. The fourth-order valence-corrected chi connectivity index (χ4v) is 9.91. The van der Waals surface area contributed by atoms with Crippen molar-refractivity contribution in [3.8, 4) is 56.4 Å². The summed E-state index contributed by atoms with van der Waals surface area (Å²) < 4.78 is 2.59. The molecule has 10 aromatic rings. The summed E-state index contributed by atoms with van der Waals surface area (Å²) in [6.07, 6.45) is 0. The van der Waals surface area contributed by atoms with Crippen molar-refractivity contribution in [1.29, 1.82) is 0 Å². The Morgan fingerprint density at radius 2 is 0.875 bits per heavy atom. The Kier molecular flexibility index (Phi) is 7.58. The highest BCUT2D eigenvalue weighted by Crippen LogP contribution is 2.58. The number of hydrogen-bond acceptors (Lipinski definition) is 4. The molecule has 0 saturated carbocycles. The SMILES string of the molecule is c1ccc(-c2nc(-c3cccc(-c4ccc5c(c4)sc4ccccc45)c3)nc(-c3cccc4c3-c3ccccc3C4(c3ccccc3)c3ccccc3)n2)cc1. The molecule has 0 N–H and O–H groups in total. The van der Waals surface area contributed by atoms with E-state index < -0.39 is 5.41 Å². The monoisotopic (exact) mass is 731 g/mol. The van der Waals surface area contributed by atoms with Gasteiger partial charge in [-0.1, -0.05) is 182 Å². The van der Waals surface area contributed by atoms with Crippen LogP contribution in [0, 0.1) is 0 Å². The summed E-state index contributed by atoms with van der Waals surface area (Å²) in [4.78, 5) is 15.7. The molecule has 0 amide bonds. The molecule has 0 bridgehead atoms. The average molecular weight is 732 g/mol. The number of rotatable bonds is 6. The number of thiophene rings is 1. The van der Waals surface area contributed by atoms with Crippen LogP contribution in [0.25, 0.3) is 76.6 Å². The summed E-state index contributed by atoms with van der Waals surface area (Å²) in [6, 6.07) is 71.5. The molecule has 0 radical (unpaired) electrons. The first kappa shape index (κ1) is 32.4. The Balaban J connectivity index is 1.12. The molecule has 0 fully saturated rings. The predicted molar refractivity (Wildman–Crippen MR) is 232 cm³/mol. The van der Waals surface area contributed by atoms with Crippen LogP contribution in [0.5, 0.6) is 0 Å². The third-order valence-electron chi connectivity index (χ3n) is 11.2. The first-order chi connectivity index (χ1) is 27.8. The van der Waals surface area contributed by atoms with Crippen LogP contribution in [0.1, 0.15) is 22.3 Å². The van der Waals surface area contributed by atoms with E-state index in [2.05, 4.69) is 182 Å². The topological polar surface area (TPSA) is 38.7 Å². The van der Waals surface area contributed by atoms with Crippen LogP contribution in [-0.2, 0) is 5.41 Å². The average Bonchev–Trinajstić information content (AvgIpc) is 3.81. The molecule has 262 valence electrons. The first-order valence-corrected chi connectivity index (χ1v) is 19.8. The van der Waals surface area contributed by atoms with Gasteiger partial charge in [0.05, 0.1) is 5.41 Å². The molecule has 1 aliphatic rings. The third kappa shape index (κ3) is 5.07. The van der Waals surface area contributed by atoms with Gasteiger partial charge >= 0.3 is 0 Å². The van der Waals surface area contributed by atoms with Gasteiger partial charge in [0.25, 0.3) is 0 Å². The lowest BCUT2D eigenvalue weighted by Gasteiger charge is -2.33. The second-order valence-corrected chi connectivity index (χ2v) is 15.4. The summed E-state index contributed by atoms with van der Waals surface area (Å²) >= 11 is 1.84. The van der Waals surface area contributed by atoms with Crippen molar-refractivity contribution in [2.45, 2.75) is 5.41 Å². The van der Waals surface area contributed by atoms with Crippen molar-refractivity contribution in [3.05, 3.63) is 222 Å². The molecule has 3 nitrogen and oxygen atoms in total. The van der Waals surface area contributed by atoms with Crippen molar-refractivity contribution < 1.29 is 0 Å². The summed E-state index contributed by atoms with van der Waals surface area (Å²) in [5.41, 5.74) is 11.9. The predicted octanol–water partition coefficient (Wildman–Crippen LogP) is 13.3. The van der Waals surface area contributed by atoms with Crippen LogP contribution in [0.4, 0.5) is 0 Å². The van der Waals surface area contributed by atoms with E-state index in [9.17, 15) is 0 Å². The van der Waals surface area contributed by atoms with Gasteiger partial charge < -0.3 is 0 Å². The lowest BCUT2D eigenvalue weighted by Crippen LogP contribution is -2.28. The van der Waals surface area contributed by atoms with E-state index in [0.717, 1.165) is 27.8 Å². The van der Waals surface area contributed by atoms with E-state index in [4.69, 9.17) is 15.0 Å². The highest BCUT2D eigenvalue weighted by molar-refractivity contribution is 7.25. The quantitative estimate of drug-likeness (QED) is 0.171. The summed E-state index contributed by atoms with van der Waals surface area (Å²) in [7, 11) is 0. The van der Waals surface area contributed by atoms with E-state index in [0.29, 0.717) is 17.5 Å². The van der Waals surface area contributed by atoms with E-state index in [1.807, 2.05) is 29.5 Å². The normalized spacial score (nSPS) is 12.8. The molecule has 4 heteroatoms. The summed E-state index contributed by atoms with van der Waals surface area (Å²) in [5, 5.41) is 2.60. The number of nitrogens with zero attached hydrogens (tertiary/aromatic N) is 3. The molecule has 0 unspecified atom stereocenters. The van der Waals surface area contributed by atoms with Crippen LogP contribution in [0.2, 0.25) is 0 Å². The Morgan fingerprint density at radius 3 is 1.66 bits per heavy atom. The molecule has 56 heavy (non-hydrogen) atoms. The molecule has 8 aromatic carbocycles. The van der Waals surface area contributed by atoms with Crippen LogP contribution in [-0.4, -0.2) is 15.0 Å².